The number of halogens is 3. The molecule has 0 spiro atoms. The van der Waals surface area contributed by atoms with Crippen LogP contribution in [0.4, 0.5) is 30.2 Å². The molecule has 2 aromatic rings. The lowest BCUT2D eigenvalue weighted by Gasteiger charge is -2.36. The lowest BCUT2D eigenvalue weighted by Crippen LogP contribution is -2.52. The number of ether oxygens (including phenoxy) is 1. The largest absolute Gasteiger partial charge is 0.484 e. The Morgan fingerprint density at radius 3 is 2.12 bits per heavy atom. The molecule has 1 N–H and O–H groups in total. The number of nitrogens with zero attached hydrogens (tertiary/aromatic N) is 3. The Morgan fingerprint density at radius 1 is 1.00 bits per heavy atom. The van der Waals surface area contributed by atoms with Crippen molar-refractivity contribution in [1.29, 1.82) is 0 Å². The molecule has 9 nitrogen and oxygen atoms in total. The second-order valence-corrected chi connectivity index (χ2v) is 6.91. The number of amides is 2. The molecule has 0 aromatic heterocycles. The average Bonchev–Trinajstić information content (AvgIpc) is 2.77. The predicted molar refractivity (Wildman–Crippen MR) is 109 cm³/mol. The molecular weight excluding hydrogens is 433 g/mol. The third kappa shape index (κ3) is 5.86. The van der Waals surface area contributed by atoms with Crippen molar-refractivity contribution < 1.29 is 32.4 Å². The van der Waals surface area contributed by atoms with Crippen LogP contribution in [0, 0.1) is 10.1 Å². The zero-order valence-electron chi connectivity index (χ0n) is 16.7. The number of nitro groups is 1. The van der Waals surface area contributed by atoms with Crippen molar-refractivity contribution in [2.24, 2.45) is 0 Å². The van der Waals surface area contributed by atoms with Crippen LogP contribution >= 0.6 is 0 Å². The Morgan fingerprint density at radius 2 is 1.59 bits per heavy atom. The molecule has 170 valence electrons. The summed E-state index contributed by atoms with van der Waals surface area (Å²) in [5, 5.41) is 13.3. The van der Waals surface area contributed by atoms with Crippen LogP contribution in [0.15, 0.2) is 48.5 Å². The quantitative estimate of drug-likeness (QED) is 0.534. The van der Waals surface area contributed by atoms with E-state index < -0.39 is 22.9 Å². The first-order valence-electron chi connectivity index (χ1n) is 9.52. The van der Waals surface area contributed by atoms with Gasteiger partial charge in [0.1, 0.15) is 5.75 Å². The van der Waals surface area contributed by atoms with Crippen LogP contribution in [-0.4, -0.2) is 60.6 Å². The van der Waals surface area contributed by atoms with Crippen LogP contribution in [0.2, 0.25) is 0 Å². The molecular formula is C20H19F3N4O5. The summed E-state index contributed by atoms with van der Waals surface area (Å²) in [6.07, 6.45) is -4.87. The topological polar surface area (TPSA) is 105 Å². The maximum Gasteiger partial charge on any atom is 0.471 e. The van der Waals surface area contributed by atoms with Gasteiger partial charge in [-0.2, -0.15) is 13.2 Å². The number of benzene rings is 2. The highest BCUT2D eigenvalue weighted by atomic mass is 19.4. The molecule has 0 saturated carbocycles. The van der Waals surface area contributed by atoms with Crippen molar-refractivity contribution in [2.75, 3.05) is 43.0 Å². The molecule has 3 rings (SSSR count). The number of carbonyl (C=O) groups excluding carboxylic acids is 2. The zero-order chi connectivity index (χ0) is 23.3. The lowest BCUT2D eigenvalue weighted by atomic mass is 10.2. The third-order valence-corrected chi connectivity index (χ3v) is 4.74. The van der Waals surface area contributed by atoms with Gasteiger partial charge in [0.2, 0.25) is 0 Å². The Balaban J connectivity index is 1.47. The molecule has 1 heterocycles. The van der Waals surface area contributed by atoms with Crippen LogP contribution in [0.25, 0.3) is 0 Å². The van der Waals surface area contributed by atoms with E-state index in [1.165, 1.54) is 24.3 Å². The van der Waals surface area contributed by atoms with E-state index in [-0.39, 0.29) is 38.5 Å². The minimum absolute atomic E-state index is 0.0309. The van der Waals surface area contributed by atoms with E-state index in [2.05, 4.69) is 5.32 Å². The number of hydrogen-bond acceptors (Lipinski definition) is 6. The number of hydrogen-bond donors (Lipinski definition) is 1. The Hall–Kier alpha value is -3.83. The zero-order valence-corrected chi connectivity index (χ0v) is 16.7. The van der Waals surface area contributed by atoms with E-state index in [4.69, 9.17) is 4.74 Å². The number of anilines is 2. The Kier molecular flexibility index (Phi) is 6.81. The maximum absolute atomic E-state index is 12.5. The molecule has 12 heteroatoms. The van der Waals surface area contributed by atoms with Gasteiger partial charge < -0.3 is 19.9 Å². The summed E-state index contributed by atoms with van der Waals surface area (Å²) in [4.78, 5) is 36.1. The van der Waals surface area contributed by atoms with Gasteiger partial charge in [-0.25, -0.2) is 0 Å². The van der Waals surface area contributed by atoms with Gasteiger partial charge in [0.15, 0.2) is 6.61 Å². The number of piperazine rings is 1. The van der Waals surface area contributed by atoms with Crippen LogP contribution in [-0.2, 0) is 9.59 Å². The third-order valence-electron chi connectivity index (χ3n) is 4.74. The molecule has 1 saturated heterocycles. The summed E-state index contributed by atoms with van der Waals surface area (Å²) >= 11 is 0. The van der Waals surface area contributed by atoms with E-state index in [1.807, 2.05) is 4.90 Å². The van der Waals surface area contributed by atoms with Crippen molar-refractivity contribution in [2.45, 2.75) is 6.18 Å². The van der Waals surface area contributed by atoms with Gasteiger partial charge in [0, 0.05) is 49.7 Å². The monoisotopic (exact) mass is 452 g/mol. The summed E-state index contributed by atoms with van der Waals surface area (Å²) in [5.41, 5.74) is 1.16. The van der Waals surface area contributed by atoms with Gasteiger partial charge in [0.05, 0.1) is 4.92 Å². The first-order chi connectivity index (χ1) is 15.1. The minimum Gasteiger partial charge on any atom is -0.484 e. The van der Waals surface area contributed by atoms with Crippen molar-refractivity contribution in [3.63, 3.8) is 0 Å². The molecule has 0 unspecified atom stereocenters. The maximum atomic E-state index is 12.5. The number of nitro benzene ring substituents is 1. The Bertz CT molecular complexity index is 972. The molecule has 0 radical (unpaired) electrons. The van der Waals surface area contributed by atoms with E-state index >= 15 is 0 Å². The van der Waals surface area contributed by atoms with Crippen molar-refractivity contribution in [3.8, 4) is 5.75 Å². The second-order valence-electron chi connectivity index (χ2n) is 6.91. The molecule has 1 aliphatic heterocycles. The smallest absolute Gasteiger partial charge is 0.471 e. The van der Waals surface area contributed by atoms with E-state index in [0.29, 0.717) is 11.4 Å². The molecule has 1 fully saturated rings. The second kappa shape index (κ2) is 9.54. The van der Waals surface area contributed by atoms with E-state index in [0.717, 1.165) is 10.6 Å². The summed E-state index contributed by atoms with van der Waals surface area (Å²) < 4.78 is 42.9. The van der Waals surface area contributed by atoms with E-state index in [1.54, 1.807) is 24.3 Å². The predicted octanol–water partition coefficient (Wildman–Crippen LogP) is 2.82. The fourth-order valence-electron chi connectivity index (χ4n) is 3.11. The standard InChI is InChI=1S/C20H19F3N4O5/c21-20(22,23)19(29)26-11-9-25(10-12-26)15-3-1-14(2-4-15)24-18(28)13-32-17-7-5-16(6-8-17)27(30)31/h1-8H,9-13H2,(H,24,28). The number of non-ortho nitro benzene ring substituents is 1. The number of rotatable bonds is 6. The van der Waals surface area contributed by atoms with E-state index in [9.17, 15) is 32.9 Å². The number of nitrogens with one attached hydrogen (secondary N) is 1. The van der Waals surface area contributed by atoms with Crippen molar-refractivity contribution >= 4 is 28.9 Å². The highest BCUT2D eigenvalue weighted by Gasteiger charge is 2.43. The van der Waals surface area contributed by atoms with Crippen LogP contribution in [0.3, 0.4) is 0 Å². The Labute approximate surface area is 180 Å². The van der Waals surface area contributed by atoms with Gasteiger partial charge in [-0.15, -0.1) is 0 Å². The van der Waals surface area contributed by atoms with Crippen LogP contribution in [0.1, 0.15) is 0 Å². The van der Waals surface area contributed by atoms with Gasteiger partial charge in [-0.05, 0) is 36.4 Å². The average molecular weight is 452 g/mol. The van der Waals surface area contributed by atoms with Gasteiger partial charge in [-0.1, -0.05) is 0 Å². The molecule has 0 atom stereocenters. The van der Waals surface area contributed by atoms with Gasteiger partial charge in [0.25, 0.3) is 11.6 Å². The molecule has 1 aliphatic rings. The van der Waals surface area contributed by atoms with Crippen LogP contribution in [0.5, 0.6) is 5.75 Å². The fraction of sp³-hybridized carbons (Fsp3) is 0.300. The minimum atomic E-state index is -4.87. The first-order valence-corrected chi connectivity index (χ1v) is 9.52. The molecule has 0 bridgehead atoms. The summed E-state index contributed by atoms with van der Waals surface area (Å²) in [6.45, 7) is 0.162. The molecule has 32 heavy (non-hydrogen) atoms. The molecule has 0 aliphatic carbocycles. The van der Waals surface area contributed by atoms with Gasteiger partial charge in [-0.3, -0.25) is 19.7 Å². The fourth-order valence-corrected chi connectivity index (χ4v) is 3.11. The summed E-state index contributed by atoms with van der Waals surface area (Å²) in [6, 6.07) is 12.0. The SMILES string of the molecule is O=C(COc1ccc([N+](=O)[O-])cc1)Nc1ccc(N2CCN(C(=O)C(F)(F)F)CC2)cc1. The van der Waals surface area contributed by atoms with Gasteiger partial charge >= 0.3 is 12.1 Å². The summed E-state index contributed by atoms with van der Waals surface area (Å²) in [5.74, 6) is -1.95. The highest BCUT2D eigenvalue weighted by Crippen LogP contribution is 2.23. The number of alkyl halides is 3. The normalized spacial score (nSPS) is 14.1. The first kappa shape index (κ1) is 22.8. The highest BCUT2D eigenvalue weighted by molar-refractivity contribution is 5.92. The summed E-state index contributed by atoms with van der Waals surface area (Å²) in [7, 11) is 0. The van der Waals surface area contributed by atoms with Crippen molar-refractivity contribution in [1.82, 2.24) is 4.90 Å². The number of carbonyl (C=O) groups is 2. The molecule has 2 amide bonds. The molecule has 2 aromatic carbocycles. The van der Waals surface area contributed by atoms with Crippen molar-refractivity contribution in [3.05, 3.63) is 58.6 Å². The lowest BCUT2D eigenvalue weighted by molar-refractivity contribution is -0.384. The van der Waals surface area contributed by atoms with Crippen LogP contribution < -0.4 is 15.0 Å².